The van der Waals surface area contributed by atoms with Crippen LogP contribution in [-0.2, 0) is 15.8 Å². The number of halogens is 8. The van der Waals surface area contributed by atoms with Gasteiger partial charge in [0.2, 0.25) is 5.91 Å². The number of hydrogen-bond acceptors (Lipinski definition) is 4. The Hall–Kier alpha value is -5.18. The number of hydrogen-bond donors (Lipinski definition) is 3. The Morgan fingerprint density at radius 1 is 0.739 bits per heavy atom. The van der Waals surface area contributed by atoms with Gasteiger partial charge in [0.1, 0.15) is 22.8 Å². The number of nitrogens with one attached hydrogen (secondary N) is 3. The zero-order valence-corrected chi connectivity index (χ0v) is 23.8. The van der Waals surface area contributed by atoms with Crippen LogP contribution in [0.4, 0.5) is 46.5 Å². The Morgan fingerprint density at radius 3 is 1.98 bits per heavy atom. The van der Waals surface area contributed by atoms with Crippen LogP contribution >= 0.6 is 11.8 Å². The van der Waals surface area contributed by atoms with E-state index in [2.05, 4.69) is 10.6 Å². The zero-order chi connectivity index (χ0) is 33.6. The summed E-state index contributed by atoms with van der Waals surface area (Å²) >= 11 is 0.741. The molecule has 0 heterocycles. The molecule has 238 valence electrons. The summed E-state index contributed by atoms with van der Waals surface area (Å²) in [5.41, 5.74) is -3.91. The highest BCUT2D eigenvalue weighted by atomic mass is 32.2. The van der Waals surface area contributed by atoms with Gasteiger partial charge in [-0.3, -0.25) is 14.4 Å². The minimum atomic E-state index is -5.74. The first kappa shape index (κ1) is 33.7. The molecule has 6 nitrogen and oxygen atoms in total. The van der Waals surface area contributed by atoms with Gasteiger partial charge in [-0.1, -0.05) is 36.4 Å². The van der Waals surface area contributed by atoms with E-state index in [0.717, 1.165) is 23.9 Å². The van der Waals surface area contributed by atoms with Crippen LogP contribution in [0.15, 0.2) is 89.5 Å². The molecular formula is C31H19F8N3O3S. The minimum Gasteiger partial charge on any atom is -0.321 e. The maximum Gasteiger partial charge on any atom is 0.422 e. The monoisotopic (exact) mass is 665 g/mol. The Bertz CT molecular complexity index is 1790. The van der Waals surface area contributed by atoms with E-state index >= 15 is 0 Å². The van der Waals surface area contributed by atoms with Gasteiger partial charge in [-0.25, -0.2) is 22.0 Å². The molecule has 0 saturated carbocycles. The SMILES string of the molecule is O=C(CSc1cccc(NC(=O)/C(=C\c2ccc(F)cc2)NC(=O)c2ccccc2)c1)Nc1c(F)c(F)c(C(F)(F)F)c(F)c1F. The Labute approximate surface area is 259 Å². The average Bonchev–Trinajstić information content (AvgIpc) is 3.02. The van der Waals surface area contributed by atoms with E-state index in [4.69, 9.17) is 0 Å². The molecule has 4 rings (SSSR count). The van der Waals surface area contributed by atoms with Gasteiger partial charge >= 0.3 is 6.18 Å². The molecule has 0 aliphatic heterocycles. The summed E-state index contributed by atoms with van der Waals surface area (Å²) in [6.07, 6.45) is -4.43. The van der Waals surface area contributed by atoms with E-state index in [-0.39, 0.29) is 16.9 Å². The highest BCUT2D eigenvalue weighted by Gasteiger charge is 2.42. The summed E-state index contributed by atoms with van der Waals surface area (Å²) in [4.78, 5) is 38.5. The molecule has 4 aromatic carbocycles. The summed E-state index contributed by atoms with van der Waals surface area (Å²) in [5.74, 6) is -14.1. The molecule has 15 heteroatoms. The number of alkyl halides is 3. The molecule has 4 aromatic rings. The first-order valence-electron chi connectivity index (χ1n) is 12.9. The second-order valence-corrected chi connectivity index (χ2v) is 10.3. The maximum atomic E-state index is 14.1. The average molecular weight is 666 g/mol. The van der Waals surface area contributed by atoms with E-state index in [1.165, 1.54) is 59.9 Å². The molecule has 0 unspecified atom stereocenters. The number of anilines is 2. The lowest BCUT2D eigenvalue weighted by molar-refractivity contribution is -0.143. The van der Waals surface area contributed by atoms with Crippen LogP contribution in [0.3, 0.4) is 0 Å². The smallest absolute Gasteiger partial charge is 0.321 e. The predicted octanol–water partition coefficient (Wildman–Crippen LogP) is 7.54. The molecule has 0 radical (unpaired) electrons. The van der Waals surface area contributed by atoms with Crippen molar-refractivity contribution < 1.29 is 49.5 Å². The lowest BCUT2D eigenvalue weighted by Gasteiger charge is -2.14. The standard InChI is InChI=1S/C31H19F8N3O3S/c32-18-11-9-16(10-12-18)13-21(41-29(44)17-5-2-1-3-6-17)30(45)40-19-7-4-8-20(14-19)46-15-22(43)42-28-26(35)24(33)23(31(37,38)39)25(34)27(28)36/h1-14H,15H2,(H,40,45)(H,41,44)(H,42,43)/b21-13+. The summed E-state index contributed by atoms with van der Waals surface area (Å²) in [6, 6.07) is 18.8. The highest BCUT2D eigenvalue weighted by Crippen LogP contribution is 2.38. The summed E-state index contributed by atoms with van der Waals surface area (Å²) in [7, 11) is 0. The van der Waals surface area contributed by atoms with Crippen molar-refractivity contribution in [1.82, 2.24) is 5.32 Å². The molecule has 3 N–H and O–H groups in total. The van der Waals surface area contributed by atoms with Crippen molar-refractivity contribution in [1.29, 1.82) is 0 Å². The molecule has 0 spiro atoms. The third kappa shape index (κ3) is 8.29. The van der Waals surface area contributed by atoms with Crippen molar-refractivity contribution in [2.45, 2.75) is 11.1 Å². The fraction of sp³-hybridized carbons (Fsp3) is 0.0645. The second kappa shape index (κ2) is 14.3. The number of carbonyl (C=O) groups excluding carboxylic acids is 3. The molecule has 0 saturated heterocycles. The Kier molecular flexibility index (Phi) is 10.5. The van der Waals surface area contributed by atoms with Gasteiger partial charge in [-0.05, 0) is 54.1 Å². The topological polar surface area (TPSA) is 87.3 Å². The molecule has 46 heavy (non-hydrogen) atoms. The Morgan fingerprint density at radius 2 is 1.37 bits per heavy atom. The van der Waals surface area contributed by atoms with Gasteiger partial charge in [0.05, 0.1) is 5.75 Å². The summed E-state index contributed by atoms with van der Waals surface area (Å²) in [5, 5.41) is 6.59. The van der Waals surface area contributed by atoms with E-state index in [9.17, 15) is 49.5 Å². The largest absolute Gasteiger partial charge is 0.422 e. The third-order valence-corrected chi connectivity index (χ3v) is 6.98. The third-order valence-electron chi connectivity index (χ3n) is 5.98. The summed E-state index contributed by atoms with van der Waals surface area (Å²) < 4.78 is 108. The molecule has 0 aliphatic carbocycles. The van der Waals surface area contributed by atoms with E-state index in [1.807, 2.05) is 0 Å². The quantitative estimate of drug-likeness (QED) is 0.0747. The fourth-order valence-electron chi connectivity index (χ4n) is 3.84. The number of thioether (sulfide) groups is 1. The highest BCUT2D eigenvalue weighted by molar-refractivity contribution is 8.00. The van der Waals surface area contributed by atoms with Crippen LogP contribution in [0, 0.1) is 29.1 Å². The number of rotatable bonds is 9. The van der Waals surface area contributed by atoms with Crippen molar-refractivity contribution in [3.8, 4) is 0 Å². The molecular weight excluding hydrogens is 646 g/mol. The Balaban J connectivity index is 1.47. The predicted molar refractivity (Wildman–Crippen MR) is 154 cm³/mol. The van der Waals surface area contributed by atoms with Crippen LogP contribution in [0.25, 0.3) is 6.08 Å². The minimum absolute atomic E-state index is 0.165. The van der Waals surface area contributed by atoms with Crippen LogP contribution in [0.2, 0.25) is 0 Å². The molecule has 0 aliphatic rings. The van der Waals surface area contributed by atoms with Crippen LogP contribution < -0.4 is 16.0 Å². The molecule has 0 bridgehead atoms. The normalized spacial score (nSPS) is 11.6. The summed E-state index contributed by atoms with van der Waals surface area (Å²) in [6.45, 7) is 0. The number of carbonyl (C=O) groups is 3. The van der Waals surface area contributed by atoms with Crippen molar-refractivity contribution in [2.24, 2.45) is 0 Å². The van der Waals surface area contributed by atoms with Gasteiger partial charge in [-0.2, -0.15) is 13.2 Å². The number of amides is 3. The van der Waals surface area contributed by atoms with Gasteiger partial charge in [0.25, 0.3) is 11.8 Å². The van der Waals surface area contributed by atoms with Gasteiger partial charge in [-0.15, -0.1) is 11.8 Å². The van der Waals surface area contributed by atoms with Gasteiger partial charge in [0, 0.05) is 16.1 Å². The van der Waals surface area contributed by atoms with Crippen molar-refractivity contribution >= 4 is 46.9 Å². The second-order valence-electron chi connectivity index (χ2n) is 9.25. The first-order valence-corrected chi connectivity index (χ1v) is 13.8. The zero-order valence-electron chi connectivity index (χ0n) is 22.9. The van der Waals surface area contributed by atoms with E-state index in [1.54, 1.807) is 18.2 Å². The van der Waals surface area contributed by atoms with Crippen molar-refractivity contribution in [3.05, 3.63) is 130 Å². The van der Waals surface area contributed by atoms with Gasteiger partial charge < -0.3 is 16.0 Å². The lowest BCUT2D eigenvalue weighted by Crippen LogP contribution is -2.30. The van der Waals surface area contributed by atoms with E-state index < -0.39 is 70.0 Å². The first-order chi connectivity index (χ1) is 21.7. The molecule has 0 atom stereocenters. The van der Waals surface area contributed by atoms with Crippen LogP contribution in [-0.4, -0.2) is 23.5 Å². The fourth-order valence-corrected chi connectivity index (χ4v) is 4.60. The van der Waals surface area contributed by atoms with Crippen LogP contribution in [0.5, 0.6) is 0 Å². The van der Waals surface area contributed by atoms with E-state index in [0.29, 0.717) is 10.5 Å². The van der Waals surface area contributed by atoms with Crippen molar-refractivity contribution in [2.75, 3.05) is 16.4 Å². The number of benzene rings is 4. The van der Waals surface area contributed by atoms with Crippen molar-refractivity contribution in [3.63, 3.8) is 0 Å². The lowest BCUT2D eigenvalue weighted by atomic mass is 10.1. The molecule has 0 aromatic heterocycles. The maximum absolute atomic E-state index is 14.1. The van der Waals surface area contributed by atoms with Gasteiger partial charge in [0.15, 0.2) is 23.3 Å². The molecule has 3 amide bonds. The van der Waals surface area contributed by atoms with Crippen LogP contribution in [0.1, 0.15) is 21.5 Å². The molecule has 0 fully saturated rings.